The largest absolute Gasteiger partial charge is 0.478 e. The van der Waals surface area contributed by atoms with Gasteiger partial charge in [0, 0.05) is 16.1 Å². The van der Waals surface area contributed by atoms with Gasteiger partial charge < -0.3 is 5.11 Å². The molecule has 2 aromatic rings. The summed E-state index contributed by atoms with van der Waals surface area (Å²) in [5.74, 6) is -1.37. The number of hydrogen-bond donors (Lipinski definition) is 2. The molecule has 0 aliphatic rings. The number of aromatic nitrogens is 1. The Labute approximate surface area is 134 Å². The second-order valence-corrected chi connectivity index (χ2v) is 7.65. The molecule has 0 radical (unpaired) electrons. The van der Waals surface area contributed by atoms with Crippen molar-refractivity contribution in [3.8, 4) is 0 Å². The number of aryl methyl sites for hydroxylation is 1. The van der Waals surface area contributed by atoms with E-state index in [4.69, 9.17) is 28.3 Å². The molecular formula is C11H8Cl2N2O4S2. The Morgan fingerprint density at radius 3 is 2.57 bits per heavy atom. The molecule has 21 heavy (non-hydrogen) atoms. The Morgan fingerprint density at radius 2 is 2.05 bits per heavy atom. The lowest BCUT2D eigenvalue weighted by atomic mass is 10.2. The lowest BCUT2D eigenvalue weighted by Crippen LogP contribution is -2.14. The number of anilines is 1. The number of halogens is 2. The van der Waals surface area contributed by atoms with Crippen molar-refractivity contribution in [1.82, 2.24) is 4.98 Å². The Hall–Kier alpha value is -1.35. The summed E-state index contributed by atoms with van der Waals surface area (Å²) in [6.07, 6.45) is 1.50. The highest BCUT2D eigenvalue weighted by Gasteiger charge is 2.24. The minimum absolute atomic E-state index is 0.0486. The molecule has 2 rings (SSSR count). The molecule has 1 aromatic heterocycles. The number of hydrogen-bond acceptors (Lipinski definition) is 5. The van der Waals surface area contributed by atoms with Crippen LogP contribution in [0.2, 0.25) is 10.0 Å². The molecule has 6 nitrogen and oxygen atoms in total. The van der Waals surface area contributed by atoms with Gasteiger partial charge in [0.1, 0.15) is 4.90 Å². The average molecular weight is 367 g/mol. The molecule has 0 atom stereocenters. The minimum atomic E-state index is -4.09. The molecule has 0 bridgehead atoms. The standard InChI is InChI=1S/C11H8Cl2N2O4S2/c1-5-4-14-11(20-5)15-21(18,19)8-3-6(12)2-7(9(8)13)10(16)17/h2-4H,1H3,(H,14,15)(H,16,17). The number of aromatic carboxylic acids is 1. The van der Waals surface area contributed by atoms with E-state index in [1.165, 1.54) is 6.20 Å². The summed E-state index contributed by atoms with van der Waals surface area (Å²) in [5, 5.41) is 8.70. The monoisotopic (exact) mass is 366 g/mol. The van der Waals surface area contributed by atoms with Gasteiger partial charge in [-0.15, -0.1) is 11.3 Å². The zero-order valence-corrected chi connectivity index (χ0v) is 13.6. The van der Waals surface area contributed by atoms with Crippen molar-refractivity contribution >= 4 is 55.7 Å². The SMILES string of the molecule is Cc1cnc(NS(=O)(=O)c2cc(Cl)cc(C(=O)O)c2Cl)s1. The van der Waals surface area contributed by atoms with Gasteiger partial charge >= 0.3 is 5.97 Å². The van der Waals surface area contributed by atoms with Crippen LogP contribution in [0.3, 0.4) is 0 Å². The van der Waals surface area contributed by atoms with E-state index < -0.39 is 25.9 Å². The highest BCUT2D eigenvalue weighted by Crippen LogP contribution is 2.31. The molecule has 0 spiro atoms. The van der Waals surface area contributed by atoms with E-state index in [1.807, 2.05) is 0 Å². The first-order chi connectivity index (χ1) is 9.70. The molecule has 0 aliphatic heterocycles. The highest BCUT2D eigenvalue weighted by atomic mass is 35.5. The van der Waals surface area contributed by atoms with E-state index in [2.05, 4.69) is 9.71 Å². The fourth-order valence-electron chi connectivity index (χ4n) is 1.49. The van der Waals surface area contributed by atoms with Crippen LogP contribution in [0.4, 0.5) is 5.13 Å². The van der Waals surface area contributed by atoms with Gasteiger partial charge in [0.2, 0.25) is 0 Å². The summed E-state index contributed by atoms with van der Waals surface area (Å²) >= 11 is 12.7. The van der Waals surface area contributed by atoms with Crippen LogP contribution in [0, 0.1) is 6.92 Å². The van der Waals surface area contributed by atoms with Crippen LogP contribution in [0.1, 0.15) is 15.2 Å². The predicted molar refractivity (Wildman–Crippen MR) is 81.1 cm³/mol. The molecule has 1 heterocycles. The van der Waals surface area contributed by atoms with Gasteiger partial charge in [0.15, 0.2) is 5.13 Å². The Morgan fingerprint density at radius 1 is 1.38 bits per heavy atom. The molecule has 1 aromatic carbocycles. The van der Waals surface area contributed by atoms with E-state index in [-0.39, 0.29) is 15.7 Å². The van der Waals surface area contributed by atoms with E-state index in [1.54, 1.807) is 6.92 Å². The number of nitrogens with zero attached hydrogens (tertiary/aromatic N) is 1. The first kappa shape index (κ1) is 16.0. The smallest absolute Gasteiger partial charge is 0.337 e. The van der Waals surface area contributed by atoms with Crippen LogP contribution in [0.5, 0.6) is 0 Å². The van der Waals surface area contributed by atoms with Crippen molar-refractivity contribution in [1.29, 1.82) is 0 Å². The van der Waals surface area contributed by atoms with Crippen LogP contribution in [-0.2, 0) is 10.0 Å². The first-order valence-corrected chi connectivity index (χ1v) is 8.44. The van der Waals surface area contributed by atoms with Crippen LogP contribution in [0.15, 0.2) is 23.2 Å². The van der Waals surface area contributed by atoms with Gasteiger partial charge in [-0.05, 0) is 19.1 Å². The van der Waals surface area contributed by atoms with Crippen molar-refractivity contribution in [2.24, 2.45) is 0 Å². The fourth-order valence-corrected chi connectivity index (χ4v) is 4.30. The molecule has 0 amide bonds. The third-order valence-corrected chi connectivity index (χ3v) is 5.42. The third kappa shape index (κ3) is 3.46. The number of nitrogens with one attached hydrogen (secondary N) is 1. The molecule has 0 unspecified atom stereocenters. The van der Waals surface area contributed by atoms with E-state index in [9.17, 15) is 13.2 Å². The summed E-state index contributed by atoms with van der Waals surface area (Å²) in [5.41, 5.74) is -0.389. The van der Waals surface area contributed by atoms with Gasteiger partial charge in [-0.25, -0.2) is 18.2 Å². The Bertz CT molecular complexity index is 818. The number of sulfonamides is 1. The number of carboxylic acid groups (broad SMARTS) is 1. The summed E-state index contributed by atoms with van der Waals surface area (Å²) < 4.78 is 26.8. The van der Waals surface area contributed by atoms with Gasteiger partial charge in [-0.2, -0.15) is 0 Å². The van der Waals surface area contributed by atoms with Crippen LogP contribution in [-0.4, -0.2) is 24.5 Å². The zero-order chi connectivity index (χ0) is 15.8. The van der Waals surface area contributed by atoms with Gasteiger partial charge in [-0.3, -0.25) is 4.72 Å². The van der Waals surface area contributed by atoms with Gasteiger partial charge in [-0.1, -0.05) is 23.2 Å². The predicted octanol–water partition coefficient (Wildman–Crippen LogP) is 3.26. The first-order valence-electron chi connectivity index (χ1n) is 5.38. The van der Waals surface area contributed by atoms with Crippen LogP contribution < -0.4 is 4.72 Å². The second-order valence-electron chi connectivity index (χ2n) is 3.95. The maximum Gasteiger partial charge on any atom is 0.337 e. The summed E-state index contributed by atoms with van der Waals surface area (Å²) in [6, 6.07) is 2.16. The van der Waals surface area contributed by atoms with Crippen molar-refractivity contribution < 1.29 is 18.3 Å². The Balaban J connectivity index is 2.52. The van der Waals surface area contributed by atoms with Crippen molar-refractivity contribution in [3.63, 3.8) is 0 Å². The zero-order valence-electron chi connectivity index (χ0n) is 10.4. The molecule has 0 saturated carbocycles. The highest BCUT2D eigenvalue weighted by molar-refractivity contribution is 7.93. The van der Waals surface area contributed by atoms with E-state index >= 15 is 0 Å². The summed E-state index contributed by atoms with van der Waals surface area (Å²) in [6.45, 7) is 1.77. The normalized spacial score (nSPS) is 11.4. The number of carboxylic acids is 1. The molecule has 0 aliphatic carbocycles. The molecule has 0 saturated heterocycles. The van der Waals surface area contributed by atoms with Crippen LogP contribution >= 0.6 is 34.5 Å². The molecular weight excluding hydrogens is 359 g/mol. The lowest BCUT2D eigenvalue weighted by molar-refractivity contribution is 0.0697. The Kier molecular flexibility index (Phi) is 4.43. The maximum absolute atomic E-state index is 12.3. The van der Waals surface area contributed by atoms with Gasteiger partial charge in [0.05, 0.1) is 10.6 Å². The van der Waals surface area contributed by atoms with E-state index in [0.29, 0.717) is 0 Å². The second kappa shape index (κ2) is 5.80. The topological polar surface area (TPSA) is 96.4 Å². The molecule has 10 heteroatoms. The third-order valence-electron chi connectivity index (χ3n) is 2.37. The number of thiazole rings is 1. The fraction of sp³-hybridized carbons (Fsp3) is 0.0909. The minimum Gasteiger partial charge on any atom is -0.478 e. The van der Waals surface area contributed by atoms with Crippen molar-refractivity contribution in [2.45, 2.75) is 11.8 Å². The summed E-state index contributed by atoms with van der Waals surface area (Å²) in [7, 11) is -4.09. The number of benzene rings is 1. The summed E-state index contributed by atoms with van der Waals surface area (Å²) in [4.78, 5) is 15.3. The molecule has 0 fully saturated rings. The maximum atomic E-state index is 12.3. The van der Waals surface area contributed by atoms with Gasteiger partial charge in [0.25, 0.3) is 10.0 Å². The number of carbonyl (C=O) groups is 1. The lowest BCUT2D eigenvalue weighted by Gasteiger charge is -2.09. The molecule has 112 valence electrons. The van der Waals surface area contributed by atoms with Crippen molar-refractivity contribution in [2.75, 3.05) is 4.72 Å². The molecule has 2 N–H and O–H groups in total. The van der Waals surface area contributed by atoms with Crippen molar-refractivity contribution in [3.05, 3.63) is 38.8 Å². The number of rotatable bonds is 4. The quantitative estimate of drug-likeness (QED) is 0.865. The average Bonchev–Trinajstić information content (AvgIpc) is 2.76. The van der Waals surface area contributed by atoms with Crippen LogP contribution in [0.25, 0.3) is 0 Å². The van der Waals surface area contributed by atoms with E-state index in [0.717, 1.165) is 28.3 Å².